The summed E-state index contributed by atoms with van der Waals surface area (Å²) in [7, 11) is 0. The van der Waals surface area contributed by atoms with Crippen LogP contribution < -0.4 is 4.74 Å². The summed E-state index contributed by atoms with van der Waals surface area (Å²) in [6.45, 7) is 1.78. The first kappa shape index (κ1) is 20.5. The van der Waals surface area contributed by atoms with Crippen molar-refractivity contribution in [3.05, 3.63) is 88.7 Å². The van der Waals surface area contributed by atoms with Gasteiger partial charge in [0.2, 0.25) is 0 Å². The molecule has 0 radical (unpaired) electrons. The van der Waals surface area contributed by atoms with E-state index in [1.807, 2.05) is 13.0 Å². The van der Waals surface area contributed by atoms with E-state index >= 15 is 0 Å². The zero-order valence-electron chi connectivity index (χ0n) is 17.1. The molecule has 3 aromatic rings. The summed E-state index contributed by atoms with van der Waals surface area (Å²) in [6.07, 6.45) is 5.14. The lowest BCUT2D eigenvalue weighted by Crippen LogP contribution is -2.10. The molecule has 0 N–H and O–H groups in total. The summed E-state index contributed by atoms with van der Waals surface area (Å²) < 4.78 is 49.0. The lowest BCUT2D eigenvalue weighted by Gasteiger charge is -2.23. The topological polar surface area (TPSA) is 9.23 Å². The van der Waals surface area contributed by atoms with Gasteiger partial charge >= 0.3 is 0 Å². The fourth-order valence-corrected chi connectivity index (χ4v) is 4.19. The Morgan fingerprint density at radius 1 is 0.833 bits per heavy atom. The minimum Gasteiger partial charge on any atom is -0.489 e. The van der Waals surface area contributed by atoms with E-state index in [-0.39, 0.29) is 23.9 Å². The molecule has 0 atom stereocenters. The van der Waals surface area contributed by atoms with Crippen LogP contribution >= 0.6 is 0 Å². The molecule has 3 aromatic carbocycles. The van der Waals surface area contributed by atoms with Crippen LogP contribution in [0.25, 0.3) is 11.1 Å². The van der Waals surface area contributed by atoms with Crippen LogP contribution in [-0.2, 0) is 6.61 Å². The van der Waals surface area contributed by atoms with Crippen molar-refractivity contribution in [1.82, 2.24) is 0 Å². The van der Waals surface area contributed by atoms with Crippen molar-refractivity contribution in [3.63, 3.8) is 0 Å². The van der Waals surface area contributed by atoms with Crippen molar-refractivity contribution in [2.75, 3.05) is 0 Å². The molecular weight excluding hydrogens is 385 g/mol. The Bertz CT molecular complexity index is 1020. The maximum Gasteiger partial charge on any atom is 0.165 e. The minimum atomic E-state index is -0.823. The van der Waals surface area contributed by atoms with Crippen LogP contribution in [0.5, 0.6) is 5.75 Å². The molecule has 30 heavy (non-hydrogen) atoms. The molecule has 1 saturated carbocycles. The molecule has 0 aromatic heterocycles. The van der Waals surface area contributed by atoms with Gasteiger partial charge in [-0.15, -0.1) is 0 Å². The largest absolute Gasteiger partial charge is 0.489 e. The molecule has 4 heteroatoms. The number of halogens is 3. The van der Waals surface area contributed by atoms with Crippen LogP contribution in [0.2, 0.25) is 0 Å². The van der Waals surface area contributed by atoms with Crippen LogP contribution in [0, 0.1) is 24.4 Å². The molecule has 1 aliphatic rings. The summed E-state index contributed by atoms with van der Waals surface area (Å²) in [6, 6.07) is 15.4. The van der Waals surface area contributed by atoms with E-state index in [1.165, 1.54) is 12.5 Å². The number of rotatable bonds is 5. The average molecular weight is 410 g/mol. The van der Waals surface area contributed by atoms with Gasteiger partial charge in [-0.2, -0.15) is 0 Å². The maximum atomic E-state index is 14.6. The third kappa shape index (κ3) is 4.38. The second-order valence-corrected chi connectivity index (χ2v) is 8.07. The van der Waals surface area contributed by atoms with Gasteiger partial charge in [-0.3, -0.25) is 0 Å². The molecule has 0 saturated heterocycles. The number of ether oxygens (including phenoxy) is 1. The molecule has 156 valence electrons. The first-order valence-electron chi connectivity index (χ1n) is 10.5. The monoisotopic (exact) mass is 410 g/mol. The Morgan fingerprint density at radius 2 is 1.57 bits per heavy atom. The molecule has 4 rings (SSSR count). The summed E-state index contributed by atoms with van der Waals surface area (Å²) in [5.41, 5.74) is 2.79. The van der Waals surface area contributed by atoms with Crippen LogP contribution in [0.15, 0.2) is 54.6 Å². The number of benzene rings is 3. The van der Waals surface area contributed by atoms with Crippen molar-refractivity contribution in [2.24, 2.45) is 0 Å². The first-order chi connectivity index (χ1) is 14.5. The van der Waals surface area contributed by atoms with Crippen molar-refractivity contribution >= 4 is 0 Å². The van der Waals surface area contributed by atoms with E-state index in [0.717, 1.165) is 36.8 Å². The number of hydrogen-bond acceptors (Lipinski definition) is 1. The zero-order chi connectivity index (χ0) is 21.1. The van der Waals surface area contributed by atoms with E-state index in [1.54, 1.807) is 42.5 Å². The molecule has 0 spiro atoms. The maximum absolute atomic E-state index is 14.6. The highest BCUT2D eigenvalue weighted by Gasteiger charge is 2.22. The van der Waals surface area contributed by atoms with E-state index in [4.69, 9.17) is 4.74 Å². The highest BCUT2D eigenvalue weighted by Crippen LogP contribution is 2.35. The van der Waals surface area contributed by atoms with Gasteiger partial charge in [0, 0.05) is 11.1 Å². The molecule has 0 aliphatic heterocycles. The standard InChI is InChI=1S/C26H25F3O/c1-17-7-13-22(24(27)15-17)19-8-11-21(12-9-19)30-16-20-10-14-23(26(29)25(20)28)18-5-3-2-4-6-18/h7-15,18H,2-6,16H2,1H3. The highest BCUT2D eigenvalue weighted by molar-refractivity contribution is 5.65. The van der Waals surface area contributed by atoms with Crippen molar-refractivity contribution in [1.29, 1.82) is 0 Å². The predicted molar refractivity (Wildman–Crippen MR) is 113 cm³/mol. The second kappa shape index (κ2) is 8.95. The van der Waals surface area contributed by atoms with E-state index in [0.29, 0.717) is 16.9 Å². The Balaban J connectivity index is 1.45. The third-order valence-electron chi connectivity index (χ3n) is 5.92. The van der Waals surface area contributed by atoms with Crippen LogP contribution in [-0.4, -0.2) is 0 Å². The molecule has 1 nitrogen and oxygen atoms in total. The smallest absolute Gasteiger partial charge is 0.165 e. The van der Waals surface area contributed by atoms with Gasteiger partial charge in [-0.05, 0) is 60.6 Å². The van der Waals surface area contributed by atoms with Crippen LogP contribution in [0.1, 0.15) is 54.7 Å². The lowest BCUT2D eigenvalue weighted by molar-refractivity contribution is 0.296. The summed E-state index contributed by atoms with van der Waals surface area (Å²) in [4.78, 5) is 0. The quantitative estimate of drug-likeness (QED) is 0.419. The summed E-state index contributed by atoms with van der Waals surface area (Å²) in [5.74, 6) is -1.22. The van der Waals surface area contributed by atoms with E-state index < -0.39 is 11.6 Å². The lowest BCUT2D eigenvalue weighted by atomic mass is 9.83. The Labute approximate surface area is 175 Å². The zero-order valence-corrected chi connectivity index (χ0v) is 17.1. The molecule has 0 bridgehead atoms. The number of aryl methyl sites for hydroxylation is 1. The average Bonchev–Trinajstić information content (AvgIpc) is 2.76. The minimum absolute atomic E-state index is 0.0636. The Hall–Kier alpha value is -2.75. The predicted octanol–water partition coefficient (Wildman–Crippen LogP) is 7.71. The molecular formula is C26H25F3O. The SMILES string of the molecule is Cc1ccc(-c2ccc(OCc3ccc(C4CCCCC4)c(F)c3F)cc2)c(F)c1. The molecule has 0 amide bonds. The van der Waals surface area contributed by atoms with E-state index in [2.05, 4.69) is 0 Å². The van der Waals surface area contributed by atoms with Gasteiger partial charge in [0.1, 0.15) is 18.2 Å². The van der Waals surface area contributed by atoms with Crippen molar-refractivity contribution < 1.29 is 17.9 Å². The Kier molecular flexibility index (Phi) is 6.12. The van der Waals surface area contributed by atoms with Crippen LogP contribution in [0.4, 0.5) is 13.2 Å². The van der Waals surface area contributed by atoms with Gasteiger partial charge in [0.25, 0.3) is 0 Å². The van der Waals surface area contributed by atoms with Crippen molar-refractivity contribution in [2.45, 2.75) is 51.6 Å². The first-order valence-corrected chi connectivity index (χ1v) is 10.5. The van der Waals surface area contributed by atoms with Crippen LogP contribution in [0.3, 0.4) is 0 Å². The van der Waals surface area contributed by atoms with Gasteiger partial charge < -0.3 is 4.74 Å². The Morgan fingerprint density at radius 3 is 2.27 bits per heavy atom. The fourth-order valence-electron chi connectivity index (χ4n) is 4.19. The highest BCUT2D eigenvalue weighted by atomic mass is 19.2. The summed E-state index contributed by atoms with van der Waals surface area (Å²) >= 11 is 0. The third-order valence-corrected chi connectivity index (χ3v) is 5.92. The molecule has 1 aliphatic carbocycles. The molecule has 0 heterocycles. The van der Waals surface area contributed by atoms with Gasteiger partial charge in [0.15, 0.2) is 11.6 Å². The molecule has 0 unspecified atom stereocenters. The van der Waals surface area contributed by atoms with Gasteiger partial charge in [-0.25, -0.2) is 13.2 Å². The molecule has 1 fully saturated rings. The second-order valence-electron chi connectivity index (χ2n) is 8.07. The normalized spacial score (nSPS) is 14.7. The van der Waals surface area contributed by atoms with Crippen molar-refractivity contribution in [3.8, 4) is 16.9 Å². The fraction of sp³-hybridized carbons (Fsp3) is 0.308. The van der Waals surface area contributed by atoms with E-state index in [9.17, 15) is 13.2 Å². The van der Waals surface area contributed by atoms with Gasteiger partial charge in [0.05, 0.1) is 0 Å². The van der Waals surface area contributed by atoms with Gasteiger partial charge in [-0.1, -0.05) is 55.7 Å². The summed E-state index contributed by atoms with van der Waals surface area (Å²) in [5, 5.41) is 0. The number of hydrogen-bond donors (Lipinski definition) is 0.